The van der Waals surface area contributed by atoms with Gasteiger partial charge in [0.1, 0.15) is 22.8 Å². The van der Waals surface area contributed by atoms with Gasteiger partial charge < -0.3 is 14.6 Å². The molecule has 0 saturated heterocycles. The monoisotopic (exact) mass is 404 g/mol. The molecule has 3 rings (SSSR count). The van der Waals surface area contributed by atoms with Gasteiger partial charge in [0.05, 0.1) is 18.2 Å². The molecule has 1 atom stereocenters. The molecular weight excluding hydrogens is 376 g/mol. The fourth-order valence-electron chi connectivity index (χ4n) is 3.42. The maximum atomic E-state index is 12.7. The molecule has 0 amide bonds. The number of fused-ring (bicyclic) bond motifs is 1. The van der Waals surface area contributed by atoms with Crippen molar-refractivity contribution in [1.29, 1.82) is 0 Å². The number of benzene rings is 2. The predicted octanol–water partition coefficient (Wildman–Crippen LogP) is 6.21. The largest absolute Gasteiger partial charge is 0.506 e. The van der Waals surface area contributed by atoms with Crippen LogP contribution in [0, 0.1) is 0 Å². The molecule has 1 unspecified atom stereocenters. The first-order chi connectivity index (χ1) is 14.3. The summed E-state index contributed by atoms with van der Waals surface area (Å²) in [6.07, 6.45) is 10.9. The van der Waals surface area contributed by atoms with Gasteiger partial charge in [0.25, 0.3) is 0 Å². The van der Waals surface area contributed by atoms with Crippen LogP contribution in [0.3, 0.4) is 0 Å². The molecule has 1 heterocycles. The van der Waals surface area contributed by atoms with Crippen LogP contribution < -0.4 is 9.47 Å². The first kappa shape index (κ1) is 21.4. The van der Waals surface area contributed by atoms with E-state index in [0.717, 1.165) is 18.4 Å². The van der Waals surface area contributed by atoms with Crippen LogP contribution in [0.2, 0.25) is 0 Å². The van der Waals surface area contributed by atoms with Crippen LogP contribution in [-0.4, -0.2) is 23.6 Å². The van der Waals surface area contributed by atoms with Crippen molar-refractivity contribution >= 4 is 17.9 Å². The molecule has 0 spiro atoms. The maximum Gasteiger partial charge on any atom is 0.189 e. The molecule has 0 saturated carbocycles. The van der Waals surface area contributed by atoms with E-state index in [0.29, 0.717) is 17.1 Å². The molecule has 1 aliphatic heterocycles. The Morgan fingerprint density at radius 3 is 2.70 bits per heavy atom. The van der Waals surface area contributed by atoms with Gasteiger partial charge in [-0.1, -0.05) is 29.8 Å². The van der Waals surface area contributed by atoms with Crippen LogP contribution in [0.15, 0.2) is 60.2 Å². The number of phenolic OH excluding ortho intramolecular Hbond substituents is 1. The van der Waals surface area contributed by atoms with E-state index in [-0.39, 0.29) is 17.1 Å². The molecule has 30 heavy (non-hydrogen) atoms. The summed E-state index contributed by atoms with van der Waals surface area (Å²) in [5.74, 6) is 0.913. The molecule has 2 aromatic carbocycles. The second kappa shape index (κ2) is 9.04. The fourth-order valence-corrected chi connectivity index (χ4v) is 3.42. The van der Waals surface area contributed by atoms with Gasteiger partial charge in [-0.25, -0.2) is 0 Å². The summed E-state index contributed by atoms with van der Waals surface area (Å²) in [4.78, 5) is 12.7. The third-order valence-electron chi connectivity index (χ3n) is 5.13. The minimum Gasteiger partial charge on any atom is -0.506 e. The number of aromatic hydroxyl groups is 1. The van der Waals surface area contributed by atoms with Crippen LogP contribution in [0.1, 0.15) is 55.1 Å². The van der Waals surface area contributed by atoms with E-state index in [4.69, 9.17) is 9.47 Å². The molecule has 1 N–H and O–H groups in total. The Morgan fingerprint density at radius 2 is 1.97 bits per heavy atom. The van der Waals surface area contributed by atoms with Gasteiger partial charge in [-0.3, -0.25) is 4.79 Å². The summed E-state index contributed by atoms with van der Waals surface area (Å²) in [7, 11) is 1.59. The third kappa shape index (κ3) is 4.82. The maximum absolute atomic E-state index is 12.7. The highest BCUT2D eigenvalue weighted by molar-refractivity contribution is 6.09. The quantitative estimate of drug-likeness (QED) is 0.339. The zero-order valence-corrected chi connectivity index (χ0v) is 17.9. The van der Waals surface area contributed by atoms with Gasteiger partial charge >= 0.3 is 0 Å². The van der Waals surface area contributed by atoms with Gasteiger partial charge in [-0.2, -0.15) is 0 Å². The number of hydrogen-bond acceptors (Lipinski definition) is 4. The number of para-hydroxylation sites is 1. The number of hydrogen-bond donors (Lipinski definition) is 1. The van der Waals surface area contributed by atoms with E-state index in [2.05, 4.69) is 19.9 Å². The van der Waals surface area contributed by atoms with Gasteiger partial charge in [0, 0.05) is 5.56 Å². The van der Waals surface area contributed by atoms with Crippen LogP contribution >= 0.6 is 0 Å². The second-order valence-corrected chi connectivity index (χ2v) is 7.88. The van der Waals surface area contributed by atoms with Crippen LogP contribution in [0.25, 0.3) is 12.2 Å². The number of ether oxygens (including phenoxy) is 2. The van der Waals surface area contributed by atoms with Crippen molar-refractivity contribution in [2.24, 2.45) is 0 Å². The molecular formula is C26H28O4. The lowest BCUT2D eigenvalue weighted by atomic mass is 9.93. The van der Waals surface area contributed by atoms with Crippen molar-refractivity contribution in [3.8, 4) is 17.2 Å². The highest BCUT2D eigenvalue weighted by Gasteiger charge is 2.29. The van der Waals surface area contributed by atoms with Crippen LogP contribution in [-0.2, 0) is 0 Å². The van der Waals surface area contributed by atoms with Crippen LogP contribution in [0.5, 0.6) is 17.2 Å². The lowest BCUT2D eigenvalue weighted by Crippen LogP contribution is -2.31. The summed E-state index contributed by atoms with van der Waals surface area (Å²) >= 11 is 0. The van der Waals surface area contributed by atoms with E-state index < -0.39 is 5.60 Å². The summed E-state index contributed by atoms with van der Waals surface area (Å²) in [6.45, 7) is 6.18. The molecule has 0 radical (unpaired) electrons. The number of ketones is 1. The molecule has 0 aliphatic carbocycles. The van der Waals surface area contributed by atoms with Gasteiger partial charge in [-0.15, -0.1) is 0 Å². The first-order valence-corrected chi connectivity index (χ1v) is 10.1. The Labute approximate surface area is 178 Å². The van der Waals surface area contributed by atoms with Crippen molar-refractivity contribution in [1.82, 2.24) is 0 Å². The molecule has 2 aromatic rings. The highest BCUT2D eigenvalue weighted by atomic mass is 16.5. The highest BCUT2D eigenvalue weighted by Crippen LogP contribution is 2.40. The second-order valence-electron chi connectivity index (χ2n) is 7.88. The number of phenols is 1. The molecule has 0 aromatic heterocycles. The van der Waals surface area contributed by atoms with E-state index in [1.807, 2.05) is 43.3 Å². The standard InChI is InChI=1S/C26H28O4/c1-18(2)8-7-16-26(3)17-15-21-24(30-26)14-12-20(25(21)28)22(27)13-11-19-9-5-6-10-23(19)29-4/h5-6,8-15,17,28H,7,16H2,1-4H3/b13-11+. The molecule has 4 heteroatoms. The topological polar surface area (TPSA) is 55.8 Å². The van der Waals surface area contributed by atoms with Crippen molar-refractivity contribution in [2.75, 3.05) is 7.11 Å². The lowest BCUT2D eigenvalue weighted by molar-refractivity contribution is 0.104. The minimum absolute atomic E-state index is 0.0650. The average molecular weight is 405 g/mol. The molecule has 4 nitrogen and oxygen atoms in total. The van der Waals surface area contributed by atoms with E-state index in [1.54, 1.807) is 25.3 Å². The fraction of sp³-hybridized carbons (Fsp3) is 0.269. The Hall–Kier alpha value is -3.27. The lowest BCUT2D eigenvalue weighted by Gasteiger charge is -2.32. The van der Waals surface area contributed by atoms with Crippen molar-refractivity contribution in [2.45, 2.75) is 39.2 Å². The third-order valence-corrected chi connectivity index (χ3v) is 5.13. The molecule has 0 bridgehead atoms. The van der Waals surface area contributed by atoms with Crippen molar-refractivity contribution in [3.05, 3.63) is 76.9 Å². The molecule has 0 fully saturated rings. The van der Waals surface area contributed by atoms with Crippen molar-refractivity contribution < 1.29 is 19.4 Å². The Morgan fingerprint density at radius 1 is 1.20 bits per heavy atom. The first-order valence-electron chi connectivity index (χ1n) is 10.1. The van der Waals surface area contributed by atoms with Crippen molar-refractivity contribution in [3.63, 3.8) is 0 Å². The number of carbonyl (C=O) groups excluding carboxylic acids is 1. The molecule has 1 aliphatic rings. The summed E-state index contributed by atoms with van der Waals surface area (Å²) < 4.78 is 11.5. The number of carbonyl (C=O) groups is 1. The van der Waals surface area contributed by atoms with Gasteiger partial charge in [0.15, 0.2) is 5.78 Å². The number of allylic oxidation sites excluding steroid dienone is 3. The zero-order valence-electron chi connectivity index (χ0n) is 17.9. The smallest absolute Gasteiger partial charge is 0.189 e. The summed E-state index contributed by atoms with van der Waals surface area (Å²) in [5, 5.41) is 10.7. The minimum atomic E-state index is -0.444. The van der Waals surface area contributed by atoms with Gasteiger partial charge in [0.2, 0.25) is 0 Å². The Bertz CT molecular complexity index is 1030. The van der Waals surface area contributed by atoms with Gasteiger partial charge in [-0.05, 0) is 76.1 Å². The number of rotatable bonds is 7. The van der Waals surface area contributed by atoms with E-state index >= 15 is 0 Å². The molecule has 156 valence electrons. The Balaban J connectivity index is 1.80. The summed E-state index contributed by atoms with van der Waals surface area (Å²) in [6, 6.07) is 10.8. The van der Waals surface area contributed by atoms with Crippen LogP contribution in [0.4, 0.5) is 0 Å². The number of methoxy groups -OCH3 is 1. The normalized spacial score (nSPS) is 17.3. The van der Waals surface area contributed by atoms with E-state index in [1.165, 1.54) is 11.6 Å². The average Bonchev–Trinajstić information content (AvgIpc) is 2.72. The van der Waals surface area contributed by atoms with E-state index in [9.17, 15) is 9.90 Å². The Kier molecular flexibility index (Phi) is 6.46. The SMILES string of the molecule is COc1ccccc1/C=C/C(=O)c1ccc2c(c1O)C=CC(C)(CCC=C(C)C)O2. The summed E-state index contributed by atoms with van der Waals surface area (Å²) in [5.41, 5.74) is 2.40. The predicted molar refractivity (Wildman–Crippen MR) is 121 cm³/mol. The zero-order chi connectivity index (χ0) is 21.7.